The molecule has 0 aliphatic heterocycles. The first-order valence-electron chi connectivity index (χ1n) is 6.33. The minimum Gasteiger partial charge on any atom is -0.397 e. The lowest BCUT2D eigenvalue weighted by Crippen LogP contribution is -2.01. The molecule has 3 aromatic rings. The summed E-state index contributed by atoms with van der Waals surface area (Å²) >= 11 is 1.50. The quantitative estimate of drug-likeness (QED) is 0.685. The predicted octanol–water partition coefficient (Wildman–Crippen LogP) is 4.41. The smallest absolute Gasteiger partial charge is 0.0805 e. The number of anilines is 1. The molecular formula is C17H14N2S. The summed E-state index contributed by atoms with van der Waals surface area (Å²) in [5.74, 6) is 0. The van der Waals surface area contributed by atoms with E-state index in [1.54, 1.807) is 0 Å². The van der Waals surface area contributed by atoms with Gasteiger partial charge in [-0.3, -0.25) is 5.41 Å². The van der Waals surface area contributed by atoms with Crippen molar-refractivity contribution < 1.29 is 0 Å². The molecular weight excluding hydrogens is 264 g/mol. The molecule has 0 bridgehead atoms. The van der Waals surface area contributed by atoms with E-state index in [1.807, 2.05) is 53.9 Å². The normalized spacial score (nSPS) is 10.4. The highest BCUT2D eigenvalue weighted by Gasteiger charge is 2.09. The second-order valence-electron chi connectivity index (χ2n) is 4.52. The van der Waals surface area contributed by atoms with Crippen LogP contribution in [-0.4, -0.2) is 5.71 Å². The lowest BCUT2D eigenvalue weighted by Gasteiger charge is -2.06. The lowest BCUT2D eigenvalue weighted by molar-refractivity contribution is 1.48. The Kier molecular flexibility index (Phi) is 3.35. The molecule has 1 aromatic heterocycles. The van der Waals surface area contributed by atoms with Crippen molar-refractivity contribution in [3.8, 4) is 11.1 Å². The molecule has 0 unspecified atom stereocenters. The number of nitrogens with one attached hydrogen (secondary N) is 1. The van der Waals surface area contributed by atoms with Gasteiger partial charge in [-0.15, -0.1) is 11.3 Å². The Balaban J connectivity index is 1.91. The zero-order valence-electron chi connectivity index (χ0n) is 10.8. The molecule has 3 N–H and O–H groups in total. The van der Waals surface area contributed by atoms with Crippen LogP contribution in [0.25, 0.3) is 11.1 Å². The molecule has 0 aliphatic rings. The number of hydrogen-bond acceptors (Lipinski definition) is 3. The average Bonchev–Trinajstić information content (AvgIpc) is 2.94. The van der Waals surface area contributed by atoms with Crippen molar-refractivity contribution in [1.82, 2.24) is 0 Å². The van der Waals surface area contributed by atoms with Crippen LogP contribution in [-0.2, 0) is 0 Å². The Hall–Kier alpha value is -2.39. The zero-order valence-corrected chi connectivity index (χ0v) is 11.7. The first-order valence-corrected chi connectivity index (χ1v) is 7.21. The van der Waals surface area contributed by atoms with Gasteiger partial charge in [-0.1, -0.05) is 54.6 Å². The van der Waals surface area contributed by atoms with Crippen LogP contribution in [0.2, 0.25) is 0 Å². The molecule has 98 valence electrons. The summed E-state index contributed by atoms with van der Waals surface area (Å²) in [5, 5.41) is 10.1. The van der Waals surface area contributed by atoms with Gasteiger partial charge in [0.15, 0.2) is 0 Å². The largest absolute Gasteiger partial charge is 0.397 e. The monoisotopic (exact) mass is 278 g/mol. The molecule has 3 heteroatoms. The van der Waals surface area contributed by atoms with Gasteiger partial charge >= 0.3 is 0 Å². The van der Waals surface area contributed by atoms with Crippen molar-refractivity contribution >= 4 is 22.7 Å². The first-order chi connectivity index (χ1) is 9.75. The van der Waals surface area contributed by atoms with Crippen LogP contribution < -0.4 is 5.73 Å². The summed E-state index contributed by atoms with van der Waals surface area (Å²) in [6.45, 7) is 0. The maximum atomic E-state index is 8.23. The summed E-state index contributed by atoms with van der Waals surface area (Å²) < 4.78 is 0. The second kappa shape index (κ2) is 5.31. The summed E-state index contributed by atoms with van der Waals surface area (Å²) in [5.41, 5.74) is 10.2. The Bertz CT molecular complexity index is 727. The standard InChI is InChI=1S/C17H14N2S/c18-15-10-11-20-17(15)16(19)14-8-6-13(7-9-14)12-4-2-1-3-5-12/h1-11,19H,18H2. The van der Waals surface area contributed by atoms with Gasteiger partial charge in [0.05, 0.1) is 16.3 Å². The molecule has 0 saturated carbocycles. The molecule has 0 atom stereocenters. The molecule has 0 fully saturated rings. The molecule has 3 rings (SSSR count). The molecule has 2 nitrogen and oxygen atoms in total. The molecule has 0 spiro atoms. The topological polar surface area (TPSA) is 49.9 Å². The van der Waals surface area contributed by atoms with E-state index in [2.05, 4.69) is 12.1 Å². The SMILES string of the molecule is N=C(c1ccc(-c2ccccc2)cc1)c1sccc1N. The van der Waals surface area contributed by atoms with Gasteiger partial charge in [-0.2, -0.15) is 0 Å². The van der Waals surface area contributed by atoms with Crippen LogP contribution >= 0.6 is 11.3 Å². The van der Waals surface area contributed by atoms with Gasteiger partial charge in [-0.05, 0) is 22.6 Å². The summed E-state index contributed by atoms with van der Waals surface area (Å²) in [7, 11) is 0. The van der Waals surface area contributed by atoms with E-state index in [4.69, 9.17) is 11.1 Å². The molecule has 0 saturated heterocycles. The van der Waals surface area contributed by atoms with Gasteiger partial charge in [-0.25, -0.2) is 0 Å². The lowest BCUT2D eigenvalue weighted by atomic mass is 10.0. The van der Waals surface area contributed by atoms with E-state index >= 15 is 0 Å². The summed E-state index contributed by atoms with van der Waals surface area (Å²) in [4.78, 5) is 0.831. The van der Waals surface area contributed by atoms with Crippen molar-refractivity contribution in [2.75, 3.05) is 5.73 Å². The zero-order chi connectivity index (χ0) is 13.9. The predicted molar refractivity (Wildman–Crippen MR) is 86.5 cm³/mol. The van der Waals surface area contributed by atoms with Crippen molar-refractivity contribution in [2.24, 2.45) is 0 Å². The van der Waals surface area contributed by atoms with Crippen molar-refractivity contribution in [3.05, 3.63) is 76.5 Å². The van der Waals surface area contributed by atoms with Crippen molar-refractivity contribution in [1.29, 1.82) is 5.41 Å². The first kappa shape index (κ1) is 12.6. The fourth-order valence-electron chi connectivity index (χ4n) is 2.11. The van der Waals surface area contributed by atoms with Gasteiger partial charge in [0.1, 0.15) is 0 Å². The fourth-order valence-corrected chi connectivity index (χ4v) is 2.90. The van der Waals surface area contributed by atoms with Crippen LogP contribution in [0.5, 0.6) is 0 Å². The molecule has 2 aromatic carbocycles. The van der Waals surface area contributed by atoms with Crippen molar-refractivity contribution in [3.63, 3.8) is 0 Å². The van der Waals surface area contributed by atoms with E-state index in [0.717, 1.165) is 16.0 Å². The minimum atomic E-state index is 0.483. The third-order valence-corrected chi connectivity index (χ3v) is 4.15. The highest BCUT2D eigenvalue weighted by atomic mass is 32.1. The number of nitrogen functional groups attached to an aromatic ring is 1. The third kappa shape index (κ3) is 2.36. The van der Waals surface area contributed by atoms with E-state index in [9.17, 15) is 0 Å². The second-order valence-corrected chi connectivity index (χ2v) is 5.44. The number of hydrogen-bond donors (Lipinski definition) is 2. The van der Waals surface area contributed by atoms with Gasteiger partial charge in [0, 0.05) is 5.56 Å². The number of rotatable bonds is 3. The molecule has 0 amide bonds. The van der Waals surface area contributed by atoms with Crippen LogP contribution in [0.3, 0.4) is 0 Å². The van der Waals surface area contributed by atoms with E-state index in [0.29, 0.717) is 11.4 Å². The van der Waals surface area contributed by atoms with Gasteiger partial charge in [0.2, 0.25) is 0 Å². The van der Waals surface area contributed by atoms with E-state index in [1.165, 1.54) is 16.9 Å². The van der Waals surface area contributed by atoms with Crippen molar-refractivity contribution in [2.45, 2.75) is 0 Å². The summed E-state index contributed by atoms with van der Waals surface area (Å²) in [6, 6.07) is 20.1. The van der Waals surface area contributed by atoms with E-state index in [-0.39, 0.29) is 0 Å². The van der Waals surface area contributed by atoms with Crippen LogP contribution in [0.4, 0.5) is 5.69 Å². The van der Waals surface area contributed by atoms with Crippen LogP contribution in [0, 0.1) is 5.41 Å². The number of thiophene rings is 1. The fraction of sp³-hybridized carbons (Fsp3) is 0. The number of benzene rings is 2. The van der Waals surface area contributed by atoms with E-state index < -0.39 is 0 Å². The van der Waals surface area contributed by atoms with Crippen LogP contribution in [0.1, 0.15) is 10.4 Å². The third-order valence-electron chi connectivity index (χ3n) is 3.20. The van der Waals surface area contributed by atoms with Gasteiger partial charge < -0.3 is 5.73 Å². The Morgan fingerprint density at radius 1 is 0.850 bits per heavy atom. The van der Waals surface area contributed by atoms with Gasteiger partial charge in [0.25, 0.3) is 0 Å². The number of nitrogens with two attached hydrogens (primary N) is 1. The molecule has 0 radical (unpaired) electrons. The Morgan fingerprint density at radius 3 is 2.10 bits per heavy atom. The highest BCUT2D eigenvalue weighted by molar-refractivity contribution is 7.13. The molecule has 0 aliphatic carbocycles. The Morgan fingerprint density at radius 2 is 1.50 bits per heavy atom. The Labute approximate surface area is 122 Å². The summed E-state index contributed by atoms with van der Waals surface area (Å²) in [6.07, 6.45) is 0. The van der Waals surface area contributed by atoms with Crippen LogP contribution in [0.15, 0.2) is 66.0 Å². The maximum absolute atomic E-state index is 8.23. The molecule has 20 heavy (non-hydrogen) atoms. The minimum absolute atomic E-state index is 0.483. The average molecular weight is 278 g/mol. The molecule has 1 heterocycles. The highest BCUT2D eigenvalue weighted by Crippen LogP contribution is 2.24. The maximum Gasteiger partial charge on any atom is 0.0805 e.